The Kier molecular flexibility index (Phi) is 4.97. The van der Waals surface area contributed by atoms with Crippen LogP contribution in [0, 0.1) is 13.8 Å². The maximum absolute atomic E-state index is 5.99. The fourth-order valence-corrected chi connectivity index (χ4v) is 5.84. The monoisotopic (exact) mass is 426 g/mol. The first-order chi connectivity index (χ1) is 14.6. The number of benzene rings is 4. The molecule has 0 saturated carbocycles. The molecule has 0 aliphatic carbocycles. The summed E-state index contributed by atoms with van der Waals surface area (Å²) in [5.74, 6) is 0. The molecule has 0 atom stereocenters. The van der Waals surface area contributed by atoms with Crippen LogP contribution in [-0.4, -0.2) is 0 Å². The van der Waals surface area contributed by atoms with Crippen LogP contribution < -0.4 is 10.6 Å². The zero-order valence-corrected chi connectivity index (χ0v) is 18.6. The second-order valence-corrected chi connectivity index (χ2v) is 9.72. The van der Waals surface area contributed by atoms with Crippen LogP contribution in [0.1, 0.15) is 11.1 Å². The van der Waals surface area contributed by atoms with Crippen molar-refractivity contribution in [3.05, 3.63) is 96.1 Å². The van der Waals surface area contributed by atoms with Gasteiger partial charge in [0.15, 0.2) is 0 Å². The molecular formula is C26H22N2S2. The first kappa shape index (κ1) is 19.2. The van der Waals surface area contributed by atoms with E-state index in [0.29, 0.717) is 0 Å². The van der Waals surface area contributed by atoms with Crippen molar-refractivity contribution in [3.63, 3.8) is 0 Å². The molecule has 4 aromatic rings. The molecule has 4 heteroatoms. The van der Waals surface area contributed by atoms with Crippen LogP contribution in [-0.2, 0) is 0 Å². The first-order valence-corrected chi connectivity index (χ1v) is 11.5. The number of rotatable bonds is 3. The topological polar surface area (TPSA) is 29.3 Å². The molecule has 0 fully saturated rings. The highest BCUT2D eigenvalue weighted by molar-refractivity contribution is 8.05. The lowest BCUT2D eigenvalue weighted by atomic mass is 10.1. The van der Waals surface area contributed by atoms with Gasteiger partial charge in [0.1, 0.15) is 0 Å². The van der Waals surface area contributed by atoms with E-state index in [1.165, 1.54) is 30.7 Å². The Hall–Kier alpha value is -2.82. The van der Waals surface area contributed by atoms with Crippen LogP contribution in [0.5, 0.6) is 0 Å². The van der Waals surface area contributed by atoms with Crippen molar-refractivity contribution >= 4 is 46.3 Å². The third-order valence-electron chi connectivity index (χ3n) is 5.18. The summed E-state index contributed by atoms with van der Waals surface area (Å²) in [5, 5.41) is 0. The zero-order valence-electron chi connectivity index (χ0n) is 16.9. The Morgan fingerprint density at radius 1 is 0.533 bits per heavy atom. The molecular weight excluding hydrogens is 404 g/mol. The van der Waals surface area contributed by atoms with E-state index in [2.05, 4.69) is 97.6 Å². The molecule has 0 unspecified atom stereocenters. The lowest BCUT2D eigenvalue weighted by molar-refractivity contribution is 1.14. The van der Waals surface area contributed by atoms with Crippen molar-refractivity contribution in [2.24, 2.45) is 0 Å². The molecule has 5 rings (SSSR count). The lowest BCUT2D eigenvalue weighted by Gasteiger charge is -2.27. The van der Waals surface area contributed by atoms with Crippen LogP contribution in [0.25, 0.3) is 0 Å². The molecule has 2 nitrogen and oxygen atoms in total. The van der Waals surface area contributed by atoms with Gasteiger partial charge in [0, 0.05) is 42.3 Å². The predicted molar refractivity (Wildman–Crippen MR) is 130 cm³/mol. The quantitative estimate of drug-likeness (QED) is 0.296. The molecule has 0 amide bonds. The number of hydrogen-bond donors (Lipinski definition) is 1. The van der Waals surface area contributed by atoms with E-state index in [4.69, 9.17) is 5.73 Å². The number of hydrogen-bond acceptors (Lipinski definition) is 4. The number of anilines is 4. The molecule has 1 aliphatic heterocycles. The van der Waals surface area contributed by atoms with Crippen LogP contribution in [0.4, 0.5) is 22.7 Å². The molecule has 4 aromatic carbocycles. The third-order valence-corrected chi connectivity index (χ3v) is 7.70. The summed E-state index contributed by atoms with van der Waals surface area (Å²) in [4.78, 5) is 7.36. The highest BCUT2D eigenvalue weighted by Gasteiger charge is 2.20. The summed E-state index contributed by atoms with van der Waals surface area (Å²) in [6, 6.07) is 30.3. The van der Waals surface area contributed by atoms with E-state index >= 15 is 0 Å². The van der Waals surface area contributed by atoms with Gasteiger partial charge in [-0.3, -0.25) is 0 Å². The highest BCUT2D eigenvalue weighted by Crippen LogP contribution is 2.50. The molecule has 30 heavy (non-hydrogen) atoms. The Balaban J connectivity index is 1.58. The number of nitrogens with two attached hydrogens (primary N) is 1. The molecule has 0 radical (unpaired) electrons. The maximum atomic E-state index is 5.99. The van der Waals surface area contributed by atoms with E-state index in [1.54, 1.807) is 11.8 Å². The Bertz CT molecular complexity index is 1170. The van der Waals surface area contributed by atoms with Gasteiger partial charge in [0.25, 0.3) is 0 Å². The highest BCUT2D eigenvalue weighted by atomic mass is 32.2. The molecule has 0 saturated heterocycles. The number of fused-ring (bicyclic) bond motifs is 2. The van der Waals surface area contributed by atoms with Crippen LogP contribution in [0.3, 0.4) is 0 Å². The molecule has 0 spiro atoms. The predicted octanol–water partition coefficient (Wildman–Crippen LogP) is 7.97. The van der Waals surface area contributed by atoms with Gasteiger partial charge in [0.2, 0.25) is 0 Å². The summed E-state index contributed by atoms with van der Waals surface area (Å²) >= 11 is 3.61. The minimum atomic E-state index is 0.812. The van der Waals surface area contributed by atoms with Crippen LogP contribution >= 0.6 is 23.5 Å². The summed E-state index contributed by atoms with van der Waals surface area (Å²) in [6.07, 6.45) is 0. The van der Waals surface area contributed by atoms with Gasteiger partial charge in [0.05, 0.1) is 0 Å². The average Bonchev–Trinajstić information content (AvgIpc) is 2.75. The molecule has 148 valence electrons. The number of nitrogen functional groups attached to an aromatic ring is 1. The zero-order chi connectivity index (χ0) is 20.7. The van der Waals surface area contributed by atoms with Crippen molar-refractivity contribution in [3.8, 4) is 0 Å². The average molecular weight is 427 g/mol. The lowest BCUT2D eigenvalue weighted by Crippen LogP contribution is -2.10. The van der Waals surface area contributed by atoms with E-state index < -0.39 is 0 Å². The van der Waals surface area contributed by atoms with Gasteiger partial charge < -0.3 is 10.6 Å². The van der Waals surface area contributed by atoms with Gasteiger partial charge in [-0.2, -0.15) is 0 Å². The minimum Gasteiger partial charge on any atom is -0.399 e. The summed E-state index contributed by atoms with van der Waals surface area (Å²) in [6.45, 7) is 4.24. The largest absolute Gasteiger partial charge is 0.399 e. The fraction of sp³-hybridized carbons (Fsp3) is 0.0769. The van der Waals surface area contributed by atoms with Gasteiger partial charge in [-0.15, -0.1) is 0 Å². The van der Waals surface area contributed by atoms with Crippen molar-refractivity contribution in [2.75, 3.05) is 10.6 Å². The van der Waals surface area contributed by atoms with E-state index in [0.717, 1.165) is 22.7 Å². The normalized spacial score (nSPS) is 12.2. The van der Waals surface area contributed by atoms with Gasteiger partial charge in [-0.25, -0.2) is 0 Å². The molecule has 2 N–H and O–H groups in total. The smallest absolute Gasteiger partial charge is 0.0473 e. The van der Waals surface area contributed by atoms with E-state index in [-0.39, 0.29) is 0 Å². The molecule has 1 aliphatic rings. The number of aryl methyl sites for hydroxylation is 2. The Labute approximate surface area is 186 Å². The summed E-state index contributed by atoms with van der Waals surface area (Å²) in [7, 11) is 0. The Morgan fingerprint density at radius 2 is 1.00 bits per heavy atom. The molecule has 0 aromatic heterocycles. The summed E-state index contributed by atoms with van der Waals surface area (Å²) < 4.78 is 0. The van der Waals surface area contributed by atoms with E-state index in [1.807, 2.05) is 17.8 Å². The minimum absolute atomic E-state index is 0.812. The molecule has 1 heterocycles. The molecule has 0 bridgehead atoms. The van der Waals surface area contributed by atoms with Gasteiger partial charge >= 0.3 is 0 Å². The van der Waals surface area contributed by atoms with Crippen LogP contribution in [0.2, 0.25) is 0 Å². The van der Waals surface area contributed by atoms with Crippen molar-refractivity contribution in [1.82, 2.24) is 0 Å². The fourth-order valence-electron chi connectivity index (χ4n) is 3.56. The Morgan fingerprint density at radius 3 is 1.57 bits per heavy atom. The SMILES string of the molecule is Cc1ccc(N(c2ccc(C)cc2)c2ccc3c(c2)Sc2ccc(N)cc2S3)cc1. The van der Waals surface area contributed by atoms with Crippen molar-refractivity contribution in [2.45, 2.75) is 33.4 Å². The second-order valence-electron chi connectivity index (χ2n) is 7.55. The maximum Gasteiger partial charge on any atom is 0.0473 e. The third kappa shape index (κ3) is 3.69. The number of nitrogens with zero attached hydrogens (tertiary/aromatic N) is 1. The summed E-state index contributed by atoms with van der Waals surface area (Å²) in [5.41, 5.74) is 12.8. The van der Waals surface area contributed by atoms with Crippen LogP contribution in [0.15, 0.2) is 105 Å². The second kappa shape index (κ2) is 7.78. The first-order valence-electron chi connectivity index (χ1n) is 9.89. The van der Waals surface area contributed by atoms with Crippen molar-refractivity contribution in [1.29, 1.82) is 0 Å². The standard InChI is InChI=1S/C26H22N2S2/c1-17-3-8-20(9-4-17)28(21-10-5-18(2)6-11-21)22-12-14-24-26(16-22)30-23-13-7-19(27)15-25(23)29-24/h3-16H,27H2,1-2H3. The van der Waals surface area contributed by atoms with E-state index in [9.17, 15) is 0 Å². The van der Waals surface area contributed by atoms with Gasteiger partial charge in [-0.05, 0) is 74.5 Å². The van der Waals surface area contributed by atoms with Gasteiger partial charge in [-0.1, -0.05) is 58.9 Å². The van der Waals surface area contributed by atoms with Crippen molar-refractivity contribution < 1.29 is 0 Å².